The number of benzene rings is 2. The van der Waals surface area contributed by atoms with Crippen LogP contribution in [0.25, 0.3) is 11.1 Å². The third kappa shape index (κ3) is 4.59. The summed E-state index contributed by atoms with van der Waals surface area (Å²) in [5, 5.41) is 21.8. The number of hydrogen-bond acceptors (Lipinski definition) is 4. The van der Waals surface area contributed by atoms with Gasteiger partial charge in [0.15, 0.2) is 0 Å². The van der Waals surface area contributed by atoms with Crippen LogP contribution in [0.2, 0.25) is 0 Å². The Morgan fingerprint density at radius 2 is 1.62 bits per heavy atom. The van der Waals surface area contributed by atoms with Gasteiger partial charge in [0, 0.05) is 5.92 Å². The van der Waals surface area contributed by atoms with E-state index in [4.69, 9.17) is 9.84 Å². The number of carbonyl (C=O) groups excluding carboxylic acids is 1. The maximum absolute atomic E-state index is 12.5. The highest BCUT2D eigenvalue weighted by Crippen LogP contribution is 2.44. The van der Waals surface area contributed by atoms with Gasteiger partial charge in [0.2, 0.25) is 0 Å². The van der Waals surface area contributed by atoms with Crippen molar-refractivity contribution < 1.29 is 24.5 Å². The Kier molecular flexibility index (Phi) is 6.54. The summed E-state index contributed by atoms with van der Waals surface area (Å²) >= 11 is 0. The molecule has 3 N–H and O–H groups in total. The summed E-state index contributed by atoms with van der Waals surface area (Å²) in [4.78, 5) is 23.4. The second-order valence-corrected chi connectivity index (χ2v) is 7.55. The zero-order valence-electron chi connectivity index (χ0n) is 16.7. The monoisotopic (exact) mass is 397 g/mol. The van der Waals surface area contributed by atoms with E-state index >= 15 is 0 Å². The summed E-state index contributed by atoms with van der Waals surface area (Å²) in [7, 11) is 0. The molecule has 1 amide bonds. The van der Waals surface area contributed by atoms with Crippen molar-refractivity contribution in [1.29, 1.82) is 0 Å². The van der Waals surface area contributed by atoms with Gasteiger partial charge in [-0.15, -0.1) is 0 Å². The van der Waals surface area contributed by atoms with Crippen molar-refractivity contribution in [3.8, 4) is 11.1 Å². The van der Waals surface area contributed by atoms with Gasteiger partial charge in [-0.3, -0.25) is 4.79 Å². The number of carboxylic acids is 1. The number of carboxylic acid groups (broad SMARTS) is 1. The molecule has 1 aliphatic rings. The fraction of sp³-hybridized carbons (Fsp3) is 0.391. The molecule has 6 nitrogen and oxygen atoms in total. The summed E-state index contributed by atoms with van der Waals surface area (Å²) in [6.07, 6.45) is -1.58. The van der Waals surface area contributed by atoms with Crippen LogP contribution in [-0.4, -0.2) is 41.0 Å². The third-order valence-electron chi connectivity index (χ3n) is 5.68. The quantitative estimate of drug-likeness (QED) is 0.630. The van der Waals surface area contributed by atoms with Gasteiger partial charge in [-0.25, -0.2) is 4.79 Å². The number of nitrogens with one attached hydrogen (secondary N) is 1. The lowest BCUT2D eigenvalue weighted by Gasteiger charge is -2.28. The Balaban J connectivity index is 1.69. The molecule has 0 aliphatic heterocycles. The SMILES string of the molecule is CCC(C)[C@H](NC(=O)OCC1c2ccccc2-c2ccccc21)[C@@H](O)CC(=O)O. The normalized spacial score (nSPS) is 15.7. The van der Waals surface area contributed by atoms with Crippen LogP contribution in [0.3, 0.4) is 0 Å². The minimum Gasteiger partial charge on any atom is -0.481 e. The predicted molar refractivity (Wildman–Crippen MR) is 110 cm³/mol. The third-order valence-corrected chi connectivity index (χ3v) is 5.68. The minimum absolute atomic E-state index is 0.0564. The second kappa shape index (κ2) is 9.09. The molecular weight excluding hydrogens is 370 g/mol. The van der Waals surface area contributed by atoms with E-state index in [0.29, 0.717) is 6.42 Å². The smallest absolute Gasteiger partial charge is 0.407 e. The molecule has 0 aromatic heterocycles. The number of aliphatic hydroxyl groups is 1. The average molecular weight is 397 g/mol. The zero-order valence-corrected chi connectivity index (χ0v) is 16.7. The molecule has 2 aromatic carbocycles. The van der Waals surface area contributed by atoms with Gasteiger partial charge in [-0.2, -0.15) is 0 Å². The summed E-state index contributed by atoms with van der Waals surface area (Å²) in [6, 6.07) is 15.5. The lowest BCUT2D eigenvalue weighted by atomic mass is 9.93. The molecule has 0 bridgehead atoms. The first-order valence-corrected chi connectivity index (χ1v) is 9.93. The van der Waals surface area contributed by atoms with Crippen LogP contribution in [-0.2, 0) is 9.53 Å². The number of hydrogen-bond donors (Lipinski definition) is 3. The van der Waals surface area contributed by atoms with Gasteiger partial charge >= 0.3 is 12.1 Å². The van der Waals surface area contributed by atoms with Crippen LogP contribution in [0.5, 0.6) is 0 Å². The molecule has 6 heteroatoms. The molecule has 0 radical (unpaired) electrons. The molecule has 29 heavy (non-hydrogen) atoms. The van der Waals surface area contributed by atoms with Gasteiger partial charge in [0.1, 0.15) is 6.61 Å². The molecule has 154 valence electrons. The summed E-state index contributed by atoms with van der Waals surface area (Å²) in [6.45, 7) is 3.95. The highest BCUT2D eigenvalue weighted by Gasteiger charge is 2.31. The lowest BCUT2D eigenvalue weighted by molar-refractivity contribution is -0.139. The topological polar surface area (TPSA) is 95.9 Å². The van der Waals surface area contributed by atoms with Crippen molar-refractivity contribution in [1.82, 2.24) is 5.32 Å². The van der Waals surface area contributed by atoms with Crippen LogP contribution in [0.15, 0.2) is 48.5 Å². The van der Waals surface area contributed by atoms with E-state index in [1.165, 1.54) is 0 Å². The van der Waals surface area contributed by atoms with E-state index in [1.807, 2.05) is 50.2 Å². The van der Waals surface area contributed by atoms with E-state index in [9.17, 15) is 14.7 Å². The van der Waals surface area contributed by atoms with Crippen molar-refractivity contribution in [2.24, 2.45) is 5.92 Å². The number of alkyl carbamates (subject to hydrolysis) is 1. The molecule has 0 heterocycles. The highest BCUT2D eigenvalue weighted by atomic mass is 16.5. The lowest BCUT2D eigenvalue weighted by Crippen LogP contribution is -2.48. The Morgan fingerprint density at radius 1 is 1.07 bits per heavy atom. The second-order valence-electron chi connectivity index (χ2n) is 7.55. The number of aliphatic hydroxyl groups excluding tert-OH is 1. The molecule has 3 atom stereocenters. The zero-order chi connectivity index (χ0) is 21.0. The number of rotatable bonds is 8. The Bertz CT molecular complexity index is 836. The average Bonchev–Trinajstić information content (AvgIpc) is 3.03. The number of fused-ring (bicyclic) bond motifs is 3. The van der Waals surface area contributed by atoms with Gasteiger partial charge in [0.25, 0.3) is 0 Å². The van der Waals surface area contributed by atoms with Crippen molar-refractivity contribution in [3.63, 3.8) is 0 Å². The molecular formula is C23H27NO5. The number of amides is 1. The maximum atomic E-state index is 12.5. The molecule has 2 aromatic rings. The first-order valence-electron chi connectivity index (χ1n) is 9.93. The summed E-state index contributed by atoms with van der Waals surface area (Å²) < 4.78 is 5.51. The minimum atomic E-state index is -1.18. The molecule has 0 saturated heterocycles. The van der Waals surface area contributed by atoms with Crippen LogP contribution >= 0.6 is 0 Å². The van der Waals surface area contributed by atoms with Crippen molar-refractivity contribution in [2.75, 3.05) is 6.61 Å². The van der Waals surface area contributed by atoms with E-state index in [-0.39, 0.29) is 18.4 Å². The van der Waals surface area contributed by atoms with Crippen LogP contribution < -0.4 is 5.32 Å². The Morgan fingerprint density at radius 3 is 2.14 bits per heavy atom. The van der Waals surface area contributed by atoms with Crippen molar-refractivity contribution in [2.45, 2.75) is 44.8 Å². The summed E-state index contributed by atoms with van der Waals surface area (Å²) in [5.41, 5.74) is 4.52. The van der Waals surface area contributed by atoms with Crippen LogP contribution in [0.4, 0.5) is 4.79 Å². The van der Waals surface area contributed by atoms with Gasteiger partial charge in [0.05, 0.1) is 18.6 Å². The molecule has 0 fully saturated rings. The van der Waals surface area contributed by atoms with Gasteiger partial charge in [-0.1, -0.05) is 68.8 Å². The number of carbonyl (C=O) groups is 2. The van der Waals surface area contributed by atoms with Crippen LogP contribution in [0.1, 0.15) is 43.7 Å². The van der Waals surface area contributed by atoms with E-state index in [2.05, 4.69) is 17.4 Å². The van der Waals surface area contributed by atoms with E-state index in [1.54, 1.807) is 0 Å². The number of ether oxygens (including phenoxy) is 1. The predicted octanol–water partition coefficient (Wildman–Crippen LogP) is 3.78. The largest absolute Gasteiger partial charge is 0.481 e. The number of aliphatic carboxylic acids is 1. The molecule has 0 saturated carbocycles. The van der Waals surface area contributed by atoms with Crippen LogP contribution in [0, 0.1) is 5.92 Å². The fourth-order valence-corrected chi connectivity index (χ4v) is 3.95. The molecule has 1 aliphatic carbocycles. The fourth-order valence-electron chi connectivity index (χ4n) is 3.95. The first kappa shape index (κ1) is 20.9. The van der Waals surface area contributed by atoms with Gasteiger partial charge in [-0.05, 0) is 28.2 Å². The maximum Gasteiger partial charge on any atom is 0.407 e. The van der Waals surface area contributed by atoms with Crippen molar-refractivity contribution in [3.05, 3.63) is 59.7 Å². The summed E-state index contributed by atoms with van der Waals surface area (Å²) in [5.74, 6) is -1.26. The molecule has 1 unspecified atom stereocenters. The Hall–Kier alpha value is -2.86. The standard InChI is InChI=1S/C23H27NO5/c1-3-14(2)22(20(25)12-21(26)27)24-23(28)29-13-19-17-10-6-4-8-15(17)16-9-5-7-11-18(16)19/h4-11,14,19-20,22,25H,3,12-13H2,1-2H3,(H,24,28)(H,26,27)/t14?,20-,22-/m0/s1. The Labute approximate surface area is 170 Å². The molecule has 0 spiro atoms. The van der Waals surface area contributed by atoms with E-state index < -0.39 is 30.6 Å². The van der Waals surface area contributed by atoms with E-state index in [0.717, 1.165) is 22.3 Å². The van der Waals surface area contributed by atoms with Crippen molar-refractivity contribution >= 4 is 12.1 Å². The van der Waals surface area contributed by atoms with Gasteiger partial charge < -0.3 is 20.3 Å². The molecule has 3 rings (SSSR count). The highest BCUT2D eigenvalue weighted by molar-refractivity contribution is 5.79. The first-order chi connectivity index (χ1) is 13.9.